The molecule has 0 aliphatic heterocycles. The first-order valence-electron chi connectivity index (χ1n) is 5.15. The third-order valence-corrected chi connectivity index (χ3v) is 3.76. The Morgan fingerprint density at radius 2 is 2.18 bits per heavy atom. The van der Waals surface area contributed by atoms with Crippen LogP contribution in [0.4, 0.5) is 5.69 Å². The molecule has 0 radical (unpaired) electrons. The number of benzene rings is 1. The van der Waals surface area contributed by atoms with Crippen molar-refractivity contribution in [1.82, 2.24) is 0 Å². The summed E-state index contributed by atoms with van der Waals surface area (Å²) in [7, 11) is 1.59. The number of nitrogens with one attached hydrogen (secondary N) is 1. The molecule has 0 atom stereocenters. The normalized spacial score (nSPS) is 11.4. The Morgan fingerprint density at radius 3 is 2.76 bits per heavy atom. The van der Waals surface area contributed by atoms with Gasteiger partial charge in [-0.1, -0.05) is 17.7 Å². The number of hydrogen-bond donors (Lipinski definition) is 1. The molecule has 0 aliphatic rings. The first-order chi connectivity index (χ1) is 7.85. The fraction of sp³-hybridized carbons (Fsp3) is 0.417. The van der Waals surface area contributed by atoms with Gasteiger partial charge in [-0.05, 0) is 41.9 Å². The fourth-order valence-corrected chi connectivity index (χ4v) is 1.79. The Morgan fingerprint density at radius 1 is 1.53 bits per heavy atom. The number of carbonyl (C=O) groups excluding carboxylic acids is 1. The van der Waals surface area contributed by atoms with Crippen molar-refractivity contribution in [3.05, 3.63) is 27.7 Å². The minimum absolute atomic E-state index is 0.111. The summed E-state index contributed by atoms with van der Waals surface area (Å²) in [6.07, 6.45) is 0.280. The van der Waals surface area contributed by atoms with Crippen molar-refractivity contribution in [3.8, 4) is 0 Å². The molecule has 1 N–H and O–H groups in total. The average molecular weight is 321 g/mol. The minimum atomic E-state index is -0.477. The zero-order chi connectivity index (χ0) is 13.1. The molecule has 1 aromatic carbocycles. The van der Waals surface area contributed by atoms with Gasteiger partial charge in [-0.2, -0.15) is 0 Å². The largest absolute Gasteiger partial charge is 0.378 e. The average Bonchev–Trinajstić information content (AvgIpc) is 2.24. The molecule has 0 saturated heterocycles. The van der Waals surface area contributed by atoms with Crippen LogP contribution in [0.3, 0.4) is 0 Å². The second kappa shape index (κ2) is 5.85. The smallest absolute Gasteiger partial charge is 0.227 e. The molecule has 17 heavy (non-hydrogen) atoms. The quantitative estimate of drug-likeness (QED) is 0.915. The number of carbonyl (C=O) groups is 1. The van der Waals surface area contributed by atoms with E-state index in [1.165, 1.54) is 0 Å². The van der Waals surface area contributed by atoms with Crippen LogP contribution in [0.15, 0.2) is 22.7 Å². The topological polar surface area (TPSA) is 38.3 Å². The van der Waals surface area contributed by atoms with Crippen LogP contribution in [-0.4, -0.2) is 18.6 Å². The van der Waals surface area contributed by atoms with Crippen LogP contribution in [0.25, 0.3) is 0 Å². The van der Waals surface area contributed by atoms with E-state index in [9.17, 15) is 4.79 Å². The highest BCUT2D eigenvalue weighted by Crippen LogP contribution is 2.30. The Hall–Kier alpha value is -0.580. The summed E-state index contributed by atoms with van der Waals surface area (Å²) in [5.41, 5.74) is 0.184. The molecule has 1 amide bonds. The second-order valence-corrected chi connectivity index (χ2v) is 5.49. The maximum absolute atomic E-state index is 11.8. The molecule has 0 aromatic heterocycles. The predicted molar refractivity (Wildman–Crippen MR) is 73.5 cm³/mol. The molecule has 0 unspecified atom stereocenters. The third kappa shape index (κ3) is 4.30. The molecule has 0 saturated carbocycles. The fourth-order valence-electron chi connectivity index (χ4n) is 1.25. The summed E-state index contributed by atoms with van der Waals surface area (Å²) in [6, 6.07) is 5.32. The molecule has 0 bridgehead atoms. The Bertz CT molecular complexity index is 421. The van der Waals surface area contributed by atoms with Crippen molar-refractivity contribution >= 4 is 39.1 Å². The SMILES string of the molecule is COC(C)(C)CC(=O)Nc1cccc(Cl)c1Br. The second-order valence-electron chi connectivity index (χ2n) is 4.29. The van der Waals surface area contributed by atoms with Gasteiger partial charge >= 0.3 is 0 Å². The van der Waals surface area contributed by atoms with E-state index in [1.54, 1.807) is 25.3 Å². The predicted octanol–water partition coefficient (Wildman–Crippen LogP) is 3.86. The monoisotopic (exact) mass is 319 g/mol. The third-order valence-electron chi connectivity index (χ3n) is 2.36. The molecule has 94 valence electrons. The number of ether oxygens (including phenoxy) is 1. The highest BCUT2D eigenvalue weighted by Gasteiger charge is 2.21. The van der Waals surface area contributed by atoms with Crippen molar-refractivity contribution in [3.63, 3.8) is 0 Å². The zero-order valence-corrected chi connectivity index (χ0v) is 12.4. The summed E-state index contributed by atoms with van der Waals surface area (Å²) in [4.78, 5) is 11.8. The standard InChI is InChI=1S/C12H15BrClNO2/c1-12(2,17-3)7-10(16)15-9-6-4-5-8(14)11(9)13/h4-6H,7H2,1-3H3,(H,15,16). The van der Waals surface area contributed by atoms with E-state index < -0.39 is 5.60 Å². The number of anilines is 1. The van der Waals surface area contributed by atoms with Crippen LogP contribution in [0.5, 0.6) is 0 Å². The molecule has 0 fully saturated rings. The molecular weight excluding hydrogens is 305 g/mol. The van der Waals surface area contributed by atoms with E-state index in [2.05, 4.69) is 21.2 Å². The lowest BCUT2D eigenvalue weighted by atomic mass is 10.0. The van der Waals surface area contributed by atoms with Gasteiger partial charge in [0.1, 0.15) is 0 Å². The van der Waals surface area contributed by atoms with E-state index in [4.69, 9.17) is 16.3 Å². The van der Waals surface area contributed by atoms with Crippen molar-refractivity contribution in [1.29, 1.82) is 0 Å². The van der Waals surface area contributed by atoms with Gasteiger partial charge in [0.25, 0.3) is 0 Å². The lowest BCUT2D eigenvalue weighted by Gasteiger charge is -2.22. The van der Waals surface area contributed by atoms with E-state index in [-0.39, 0.29) is 12.3 Å². The van der Waals surface area contributed by atoms with E-state index >= 15 is 0 Å². The lowest BCUT2D eigenvalue weighted by molar-refractivity contribution is -0.121. The molecule has 3 nitrogen and oxygen atoms in total. The van der Waals surface area contributed by atoms with Gasteiger partial charge in [0, 0.05) is 7.11 Å². The van der Waals surface area contributed by atoms with E-state index in [0.717, 1.165) is 0 Å². The van der Waals surface area contributed by atoms with Crippen LogP contribution in [0.2, 0.25) is 5.02 Å². The van der Waals surface area contributed by atoms with E-state index in [0.29, 0.717) is 15.2 Å². The van der Waals surface area contributed by atoms with Crippen LogP contribution in [0, 0.1) is 0 Å². The van der Waals surface area contributed by atoms with Crippen molar-refractivity contribution < 1.29 is 9.53 Å². The van der Waals surface area contributed by atoms with Gasteiger partial charge in [-0.15, -0.1) is 0 Å². The number of hydrogen-bond acceptors (Lipinski definition) is 2. The summed E-state index contributed by atoms with van der Waals surface area (Å²) >= 11 is 9.26. The molecule has 0 spiro atoms. The van der Waals surface area contributed by atoms with Gasteiger partial charge in [0.05, 0.1) is 27.2 Å². The van der Waals surface area contributed by atoms with Crippen LogP contribution >= 0.6 is 27.5 Å². The van der Waals surface area contributed by atoms with Gasteiger partial charge < -0.3 is 10.1 Å². The van der Waals surface area contributed by atoms with Crippen molar-refractivity contribution in [2.75, 3.05) is 12.4 Å². The minimum Gasteiger partial charge on any atom is -0.378 e. The molecule has 0 heterocycles. The molecule has 1 rings (SSSR count). The van der Waals surface area contributed by atoms with Crippen molar-refractivity contribution in [2.24, 2.45) is 0 Å². The maximum Gasteiger partial charge on any atom is 0.227 e. The van der Waals surface area contributed by atoms with Crippen LogP contribution < -0.4 is 5.32 Å². The Labute approximate surface area is 115 Å². The molecule has 0 aliphatic carbocycles. The van der Waals surface area contributed by atoms with Crippen LogP contribution in [0.1, 0.15) is 20.3 Å². The maximum atomic E-state index is 11.8. The summed E-state index contributed by atoms with van der Waals surface area (Å²) in [5, 5.41) is 3.35. The highest BCUT2D eigenvalue weighted by atomic mass is 79.9. The Kier molecular flexibility index (Phi) is 4.98. The van der Waals surface area contributed by atoms with Crippen molar-refractivity contribution in [2.45, 2.75) is 25.9 Å². The highest BCUT2D eigenvalue weighted by molar-refractivity contribution is 9.10. The summed E-state index contributed by atoms with van der Waals surface area (Å²) in [6.45, 7) is 3.72. The zero-order valence-electron chi connectivity index (χ0n) is 10.0. The number of methoxy groups -OCH3 is 1. The summed E-state index contributed by atoms with van der Waals surface area (Å²) < 4.78 is 5.89. The summed E-state index contributed by atoms with van der Waals surface area (Å²) in [5.74, 6) is -0.111. The number of rotatable bonds is 4. The molecular formula is C12H15BrClNO2. The van der Waals surface area contributed by atoms with Gasteiger partial charge in [-0.3, -0.25) is 4.79 Å². The van der Waals surface area contributed by atoms with Gasteiger partial charge in [0.15, 0.2) is 0 Å². The number of halogens is 2. The Balaban J connectivity index is 2.72. The first-order valence-corrected chi connectivity index (χ1v) is 6.32. The van der Waals surface area contributed by atoms with Gasteiger partial charge in [0.2, 0.25) is 5.91 Å². The van der Waals surface area contributed by atoms with Gasteiger partial charge in [-0.25, -0.2) is 0 Å². The molecule has 5 heteroatoms. The number of amides is 1. The first kappa shape index (κ1) is 14.5. The van der Waals surface area contributed by atoms with Crippen LogP contribution in [-0.2, 0) is 9.53 Å². The van der Waals surface area contributed by atoms with E-state index in [1.807, 2.05) is 13.8 Å². The lowest BCUT2D eigenvalue weighted by Crippen LogP contribution is -2.29. The molecule has 1 aromatic rings.